The van der Waals surface area contributed by atoms with E-state index < -0.39 is 30.4 Å². The zero-order chi connectivity index (χ0) is 17.3. The molecular formula is C12H13N3O6S2. The predicted molar refractivity (Wildman–Crippen MR) is 82.0 cm³/mol. The first kappa shape index (κ1) is 17.4. The van der Waals surface area contributed by atoms with Gasteiger partial charge in [-0.05, 0) is 30.4 Å². The summed E-state index contributed by atoms with van der Waals surface area (Å²) in [5.41, 5.74) is 5.89. The first-order valence-corrected chi connectivity index (χ1v) is 9.08. The maximum atomic E-state index is 11.4. The Labute approximate surface area is 132 Å². The average molecular weight is 359 g/mol. The molecule has 0 amide bonds. The van der Waals surface area contributed by atoms with Crippen LogP contribution in [0.3, 0.4) is 0 Å². The van der Waals surface area contributed by atoms with E-state index in [2.05, 4.69) is 10.2 Å². The molecule has 1 aromatic rings. The molecule has 0 bridgehead atoms. The monoisotopic (exact) mass is 359 g/mol. The normalized spacial score (nSPS) is 25.5. The third-order valence-corrected chi connectivity index (χ3v) is 5.69. The minimum absolute atomic E-state index is 0.0406. The Morgan fingerprint density at radius 2 is 1.65 bits per heavy atom. The van der Waals surface area contributed by atoms with E-state index in [0.717, 1.165) is 18.2 Å². The highest BCUT2D eigenvalue weighted by Gasteiger charge is 2.51. The fraction of sp³-hybridized carbons (Fsp3) is 0.167. The third-order valence-electron chi connectivity index (χ3n) is 3.09. The van der Waals surface area contributed by atoms with Gasteiger partial charge in [0.15, 0.2) is 4.87 Å². The number of rotatable bonds is 4. The van der Waals surface area contributed by atoms with Crippen molar-refractivity contribution in [3.63, 3.8) is 0 Å². The number of hydrogen-bond donors (Lipinski definition) is 3. The van der Waals surface area contributed by atoms with Gasteiger partial charge in [-0.15, -0.1) is 0 Å². The van der Waals surface area contributed by atoms with E-state index >= 15 is 0 Å². The summed E-state index contributed by atoms with van der Waals surface area (Å²) in [6.45, 7) is 0. The summed E-state index contributed by atoms with van der Waals surface area (Å²) in [6, 6.07) is 8.47. The lowest BCUT2D eigenvalue weighted by atomic mass is 10.1. The summed E-state index contributed by atoms with van der Waals surface area (Å²) in [6.07, 6.45) is 2.62. The van der Waals surface area contributed by atoms with E-state index in [9.17, 15) is 21.4 Å². The van der Waals surface area contributed by atoms with Crippen LogP contribution < -0.4 is 5.73 Å². The van der Waals surface area contributed by atoms with Crippen LogP contribution in [0.1, 0.15) is 0 Å². The van der Waals surface area contributed by atoms with Gasteiger partial charge in [-0.1, -0.05) is 18.2 Å². The van der Waals surface area contributed by atoms with Crippen LogP contribution in [-0.4, -0.2) is 36.1 Å². The molecule has 0 aliphatic heterocycles. The maximum absolute atomic E-state index is 11.4. The second-order valence-electron chi connectivity index (χ2n) is 4.72. The van der Waals surface area contributed by atoms with Crippen LogP contribution in [-0.2, 0) is 20.2 Å². The van der Waals surface area contributed by atoms with Gasteiger partial charge in [0.1, 0.15) is 5.25 Å². The van der Waals surface area contributed by atoms with Crippen LogP contribution in [0.15, 0.2) is 64.5 Å². The molecule has 124 valence electrons. The van der Waals surface area contributed by atoms with Crippen LogP contribution >= 0.6 is 0 Å². The quantitative estimate of drug-likeness (QED) is 0.534. The van der Waals surface area contributed by atoms with Crippen molar-refractivity contribution in [1.29, 1.82) is 0 Å². The number of hydrogen-bond acceptors (Lipinski definition) is 7. The Morgan fingerprint density at radius 1 is 1.04 bits per heavy atom. The van der Waals surface area contributed by atoms with Gasteiger partial charge in [0.05, 0.1) is 11.4 Å². The fourth-order valence-electron chi connectivity index (χ4n) is 1.88. The largest absolute Gasteiger partial charge is 0.306 e. The number of benzene rings is 1. The van der Waals surface area contributed by atoms with Crippen LogP contribution in [0, 0.1) is 0 Å². The molecule has 2 rings (SSSR count). The zero-order valence-electron chi connectivity index (χ0n) is 11.5. The second-order valence-corrected chi connectivity index (χ2v) is 7.92. The highest BCUT2D eigenvalue weighted by Crippen LogP contribution is 2.29. The van der Waals surface area contributed by atoms with Gasteiger partial charge in [0, 0.05) is 0 Å². The highest BCUT2D eigenvalue weighted by molar-refractivity contribution is 7.91. The molecule has 2 atom stereocenters. The van der Waals surface area contributed by atoms with Crippen LogP contribution in [0.5, 0.6) is 0 Å². The summed E-state index contributed by atoms with van der Waals surface area (Å²) >= 11 is 0. The number of nitrogens with zero attached hydrogens (tertiary/aromatic N) is 2. The zero-order valence-corrected chi connectivity index (χ0v) is 13.1. The van der Waals surface area contributed by atoms with Gasteiger partial charge in [-0.2, -0.15) is 27.1 Å². The lowest BCUT2D eigenvalue weighted by molar-refractivity contribution is 0.427. The first-order valence-electron chi connectivity index (χ1n) is 6.14. The Balaban J connectivity index is 2.43. The molecule has 0 heterocycles. The molecule has 4 N–H and O–H groups in total. The molecule has 0 saturated heterocycles. The van der Waals surface area contributed by atoms with E-state index in [0.29, 0.717) is 5.69 Å². The van der Waals surface area contributed by atoms with Gasteiger partial charge >= 0.3 is 0 Å². The molecule has 0 fully saturated rings. The minimum Gasteiger partial charge on any atom is -0.306 e. The topological polar surface area (TPSA) is 159 Å². The average Bonchev–Trinajstić information content (AvgIpc) is 2.45. The number of nitrogens with two attached hydrogens (primary N) is 1. The Hall–Kier alpha value is -1.92. The Bertz CT molecular complexity index is 890. The Morgan fingerprint density at radius 3 is 2.17 bits per heavy atom. The molecule has 1 aromatic carbocycles. The van der Waals surface area contributed by atoms with Crippen molar-refractivity contribution < 1.29 is 25.9 Å². The van der Waals surface area contributed by atoms with Gasteiger partial charge < -0.3 is 5.73 Å². The van der Waals surface area contributed by atoms with Crippen LogP contribution in [0.2, 0.25) is 0 Å². The van der Waals surface area contributed by atoms with Crippen molar-refractivity contribution in [2.75, 3.05) is 0 Å². The van der Waals surface area contributed by atoms with Crippen molar-refractivity contribution in [1.82, 2.24) is 0 Å². The van der Waals surface area contributed by atoms with E-state index in [-0.39, 0.29) is 5.70 Å². The molecule has 1 aliphatic rings. The number of azo groups is 1. The van der Waals surface area contributed by atoms with Crippen molar-refractivity contribution in [3.8, 4) is 0 Å². The maximum Gasteiger partial charge on any atom is 0.289 e. The lowest BCUT2D eigenvalue weighted by Gasteiger charge is -2.29. The number of allylic oxidation sites excluding steroid dienone is 1. The summed E-state index contributed by atoms with van der Waals surface area (Å²) < 4.78 is 64.0. The van der Waals surface area contributed by atoms with Crippen molar-refractivity contribution in [3.05, 3.63) is 54.3 Å². The summed E-state index contributed by atoms with van der Waals surface area (Å²) in [7, 11) is -9.94. The van der Waals surface area contributed by atoms with E-state index in [1.807, 2.05) is 0 Å². The van der Waals surface area contributed by atoms with Crippen LogP contribution in [0.4, 0.5) is 5.69 Å². The molecule has 23 heavy (non-hydrogen) atoms. The third kappa shape index (κ3) is 3.71. The molecule has 0 spiro atoms. The van der Waals surface area contributed by atoms with Crippen molar-refractivity contribution in [2.45, 2.75) is 10.1 Å². The fourth-order valence-corrected chi connectivity index (χ4v) is 4.07. The molecule has 0 radical (unpaired) electrons. The Kier molecular flexibility index (Phi) is 4.50. The second kappa shape index (κ2) is 5.94. The van der Waals surface area contributed by atoms with E-state index in [1.54, 1.807) is 30.3 Å². The van der Waals surface area contributed by atoms with Gasteiger partial charge in [0.2, 0.25) is 0 Å². The summed E-state index contributed by atoms with van der Waals surface area (Å²) in [4.78, 5) is -2.72. The lowest BCUT2D eigenvalue weighted by Crippen LogP contribution is -2.58. The SMILES string of the molecule is N[C@@]1(S(=O)(=O)O)C=CC(N=Nc2ccccc2)=C[C@H]1S(=O)(=O)O. The van der Waals surface area contributed by atoms with Gasteiger partial charge in [0.25, 0.3) is 20.2 Å². The van der Waals surface area contributed by atoms with E-state index in [4.69, 9.17) is 10.3 Å². The smallest absolute Gasteiger partial charge is 0.289 e. The molecule has 0 aromatic heterocycles. The minimum atomic E-state index is -5.01. The predicted octanol–water partition coefficient (Wildman–Crippen LogP) is 1.02. The standard InChI is InChI=1S/C12H13N3O6S2/c13-12(23(19,20)21)7-6-10(8-11(12)22(16,17)18)15-14-9-4-2-1-3-5-9/h1-8,11H,13H2,(H,16,17,18)(H,19,20,21)/t11-,12-/m1/s1. The summed E-state index contributed by atoms with van der Waals surface area (Å²) in [5.74, 6) is 0. The first-order chi connectivity index (χ1) is 10.5. The molecule has 0 unspecified atom stereocenters. The molecular weight excluding hydrogens is 346 g/mol. The highest BCUT2D eigenvalue weighted by atomic mass is 32.2. The van der Waals surface area contributed by atoms with E-state index in [1.165, 1.54) is 0 Å². The van der Waals surface area contributed by atoms with Gasteiger partial charge in [-0.3, -0.25) is 9.11 Å². The van der Waals surface area contributed by atoms with Crippen molar-refractivity contribution in [2.24, 2.45) is 16.0 Å². The molecule has 11 heteroatoms. The van der Waals surface area contributed by atoms with Gasteiger partial charge in [-0.25, -0.2) is 0 Å². The summed E-state index contributed by atoms with van der Waals surface area (Å²) in [5, 5.41) is 5.46. The molecule has 0 saturated carbocycles. The molecule has 9 nitrogen and oxygen atoms in total. The molecule has 1 aliphatic carbocycles. The van der Waals surface area contributed by atoms with Crippen molar-refractivity contribution >= 4 is 25.9 Å². The van der Waals surface area contributed by atoms with Crippen LogP contribution in [0.25, 0.3) is 0 Å².